The molecule has 6 rings (SSSR count). The number of ether oxygens (including phenoxy) is 1. The van der Waals surface area contributed by atoms with E-state index >= 15 is 0 Å². The maximum atomic E-state index is 12.6. The van der Waals surface area contributed by atoms with Crippen molar-refractivity contribution >= 4 is 28.2 Å². The number of benzene rings is 2. The molecule has 2 fully saturated rings. The number of amides is 1. The molecule has 0 N–H and O–H groups in total. The molecule has 1 saturated carbocycles. The van der Waals surface area contributed by atoms with Crippen LogP contribution in [0.3, 0.4) is 0 Å². The molecule has 224 valence electrons. The molecule has 0 unspecified atom stereocenters. The second-order valence-electron chi connectivity index (χ2n) is 12.3. The summed E-state index contributed by atoms with van der Waals surface area (Å²) in [4.78, 5) is 31.3. The maximum Gasteiger partial charge on any atom is 0.318 e. The van der Waals surface area contributed by atoms with Crippen molar-refractivity contribution in [3.05, 3.63) is 65.9 Å². The lowest BCUT2D eigenvalue weighted by Gasteiger charge is -2.42. The van der Waals surface area contributed by atoms with Gasteiger partial charge in [0.15, 0.2) is 0 Å². The number of hydrogen-bond acceptors (Lipinski definition) is 8. The van der Waals surface area contributed by atoms with Gasteiger partial charge < -0.3 is 24.3 Å². The molecular weight excluding hydrogens is 538 g/mol. The van der Waals surface area contributed by atoms with Crippen LogP contribution in [0, 0.1) is 24.2 Å². The summed E-state index contributed by atoms with van der Waals surface area (Å²) in [7, 11) is 4.20. The molecule has 2 aliphatic heterocycles. The lowest BCUT2D eigenvalue weighted by molar-refractivity contribution is -0.128. The average Bonchev–Trinajstić information content (AvgIpc) is 3.01. The van der Waals surface area contributed by atoms with Gasteiger partial charge in [-0.1, -0.05) is 36.9 Å². The molecule has 0 radical (unpaired) electrons. The van der Waals surface area contributed by atoms with E-state index in [-0.39, 0.29) is 24.5 Å². The summed E-state index contributed by atoms with van der Waals surface area (Å²) >= 11 is 0. The zero-order valence-electron chi connectivity index (χ0n) is 25.5. The van der Waals surface area contributed by atoms with E-state index in [9.17, 15) is 10.1 Å². The quantitative estimate of drug-likeness (QED) is 0.365. The van der Waals surface area contributed by atoms with E-state index in [1.54, 1.807) is 4.90 Å². The Morgan fingerprint density at radius 3 is 2.67 bits per heavy atom. The lowest BCUT2D eigenvalue weighted by atomic mass is 9.81. The Labute approximate surface area is 254 Å². The fraction of sp³-hybridized carbons (Fsp3) is 0.471. The highest BCUT2D eigenvalue weighted by Gasteiger charge is 2.36. The number of rotatable bonds is 8. The normalized spacial score (nSPS) is 21.7. The number of carbonyl (C=O) groups is 1. The van der Waals surface area contributed by atoms with Crippen molar-refractivity contribution in [3.63, 3.8) is 0 Å². The Kier molecular flexibility index (Phi) is 8.22. The minimum atomic E-state index is -0.228. The first kappa shape index (κ1) is 28.9. The predicted octanol–water partition coefficient (Wildman–Crippen LogP) is 4.34. The fourth-order valence-corrected chi connectivity index (χ4v) is 6.92. The molecule has 3 aromatic rings. The van der Waals surface area contributed by atoms with E-state index in [2.05, 4.69) is 84.8 Å². The highest BCUT2D eigenvalue weighted by atomic mass is 16.5. The Hall–Kier alpha value is -4.16. The molecule has 9 nitrogen and oxygen atoms in total. The SMILES string of the molecule is C=CC(=O)N1CCN(c2nc(O[C@@H]3CC[C@H]3CN(C)C)nc3c2CCN(c2cccc4cccc(C)c24)C3)C[C@@H]1CC#N. The molecule has 1 aliphatic carbocycles. The number of nitrogens with zero attached hydrogens (tertiary/aromatic N) is 7. The van der Waals surface area contributed by atoms with E-state index in [1.807, 2.05) is 0 Å². The van der Waals surface area contributed by atoms with Gasteiger partial charge in [0.2, 0.25) is 5.91 Å². The minimum Gasteiger partial charge on any atom is -0.460 e. The summed E-state index contributed by atoms with van der Waals surface area (Å²) in [5.74, 6) is 1.21. The van der Waals surface area contributed by atoms with Crippen molar-refractivity contribution in [1.82, 2.24) is 19.8 Å². The van der Waals surface area contributed by atoms with Crippen LogP contribution < -0.4 is 14.5 Å². The second-order valence-corrected chi connectivity index (χ2v) is 12.3. The van der Waals surface area contributed by atoms with Crippen LogP contribution in [0.5, 0.6) is 6.01 Å². The zero-order chi connectivity index (χ0) is 30.1. The van der Waals surface area contributed by atoms with E-state index in [0.717, 1.165) is 49.4 Å². The summed E-state index contributed by atoms with van der Waals surface area (Å²) < 4.78 is 6.52. The first-order valence-corrected chi connectivity index (χ1v) is 15.4. The van der Waals surface area contributed by atoms with Gasteiger partial charge in [-0.25, -0.2) is 0 Å². The summed E-state index contributed by atoms with van der Waals surface area (Å²) in [6.07, 6.45) is 4.64. The van der Waals surface area contributed by atoms with Crippen LogP contribution in [0.15, 0.2) is 49.1 Å². The first-order valence-electron chi connectivity index (χ1n) is 15.4. The molecule has 43 heavy (non-hydrogen) atoms. The molecule has 9 heteroatoms. The number of aryl methyl sites for hydroxylation is 1. The smallest absolute Gasteiger partial charge is 0.318 e. The van der Waals surface area contributed by atoms with Crippen LogP contribution in [0.4, 0.5) is 11.5 Å². The number of carbonyl (C=O) groups excluding carboxylic acids is 1. The number of aromatic nitrogens is 2. The van der Waals surface area contributed by atoms with E-state index in [0.29, 0.717) is 38.1 Å². The maximum absolute atomic E-state index is 12.6. The van der Waals surface area contributed by atoms with Crippen molar-refractivity contribution in [2.75, 3.05) is 56.6 Å². The van der Waals surface area contributed by atoms with Crippen LogP contribution in [-0.2, 0) is 17.8 Å². The Balaban J connectivity index is 1.35. The standard InChI is InChI=1S/C34H41N7O2/c1-5-31(42)41-19-18-40(21-26(41)14-16-35)33-27-15-17-39(29-11-7-10-24-9-6-8-23(2)32(24)29)22-28(27)36-34(37-33)43-30-13-12-25(30)20-38(3)4/h5-11,25-26,30H,1,12-15,17-22H2,2-4H3/t25-,26-,30+/m0/s1. The van der Waals surface area contributed by atoms with Crippen molar-refractivity contribution in [2.45, 2.75) is 51.3 Å². The predicted molar refractivity (Wildman–Crippen MR) is 169 cm³/mol. The summed E-state index contributed by atoms with van der Waals surface area (Å²) in [5.41, 5.74) is 4.61. The third-order valence-corrected chi connectivity index (χ3v) is 9.23. The van der Waals surface area contributed by atoms with Crippen LogP contribution >= 0.6 is 0 Å². The van der Waals surface area contributed by atoms with E-state index in [4.69, 9.17) is 14.7 Å². The van der Waals surface area contributed by atoms with Gasteiger partial charge in [-0.2, -0.15) is 15.2 Å². The Morgan fingerprint density at radius 1 is 1.14 bits per heavy atom. The lowest BCUT2D eigenvalue weighted by Crippen LogP contribution is -2.55. The molecular formula is C34H41N7O2. The zero-order valence-corrected chi connectivity index (χ0v) is 25.5. The third kappa shape index (κ3) is 5.76. The van der Waals surface area contributed by atoms with Gasteiger partial charge in [0.25, 0.3) is 0 Å². The van der Waals surface area contributed by atoms with Gasteiger partial charge in [-0.3, -0.25) is 4.79 Å². The molecule has 0 spiro atoms. The van der Waals surface area contributed by atoms with Gasteiger partial charge in [0.1, 0.15) is 11.9 Å². The number of nitriles is 1. The molecule has 1 amide bonds. The first-order chi connectivity index (χ1) is 20.9. The van der Waals surface area contributed by atoms with Gasteiger partial charge in [-0.05, 0) is 63.4 Å². The highest BCUT2D eigenvalue weighted by Crippen LogP contribution is 2.37. The third-order valence-electron chi connectivity index (χ3n) is 9.23. The van der Waals surface area contributed by atoms with Crippen molar-refractivity contribution in [2.24, 2.45) is 5.92 Å². The molecule has 1 saturated heterocycles. The molecule has 0 bridgehead atoms. The van der Waals surface area contributed by atoms with Crippen molar-refractivity contribution in [1.29, 1.82) is 5.26 Å². The van der Waals surface area contributed by atoms with Crippen molar-refractivity contribution < 1.29 is 9.53 Å². The number of piperazine rings is 1. The van der Waals surface area contributed by atoms with Gasteiger partial charge in [0.05, 0.1) is 30.8 Å². The molecule has 3 atom stereocenters. The van der Waals surface area contributed by atoms with Gasteiger partial charge in [0, 0.05) is 55.3 Å². The summed E-state index contributed by atoms with van der Waals surface area (Å²) in [5, 5.41) is 12.1. The fourth-order valence-electron chi connectivity index (χ4n) is 6.92. The largest absolute Gasteiger partial charge is 0.460 e. The monoisotopic (exact) mass is 579 g/mol. The second kappa shape index (κ2) is 12.2. The van der Waals surface area contributed by atoms with Crippen LogP contribution in [0.1, 0.15) is 36.1 Å². The van der Waals surface area contributed by atoms with Crippen LogP contribution in [-0.4, -0.2) is 84.6 Å². The molecule has 1 aromatic heterocycles. The van der Waals surface area contributed by atoms with Gasteiger partial charge >= 0.3 is 6.01 Å². The van der Waals surface area contributed by atoms with Gasteiger partial charge in [-0.15, -0.1) is 0 Å². The summed E-state index contributed by atoms with van der Waals surface area (Å²) in [6, 6.07) is 15.5. The van der Waals surface area contributed by atoms with E-state index in [1.165, 1.54) is 28.1 Å². The Bertz CT molecular complexity index is 1560. The van der Waals surface area contributed by atoms with Crippen LogP contribution in [0.25, 0.3) is 10.8 Å². The highest BCUT2D eigenvalue weighted by molar-refractivity contribution is 5.97. The number of hydrogen-bond donors (Lipinski definition) is 0. The Morgan fingerprint density at radius 2 is 1.95 bits per heavy atom. The van der Waals surface area contributed by atoms with E-state index < -0.39 is 0 Å². The topological polar surface area (TPSA) is 88.8 Å². The number of anilines is 2. The average molecular weight is 580 g/mol. The number of fused-ring (bicyclic) bond motifs is 2. The van der Waals surface area contributed by atoms with Crippen LogP contribution in [0.2, 0.25) is 0 Å². The molecule has 2 aromatic carbocycles. The minimum absolute atomic E-state index is 0.0992. The van der Waals surface area contributed by atoms with Crippen molar-refractivity contribution in [3.8, 4) is 12.1 Å². The summed E-state index contributed by atoms with van der Waals surface area (Å²) in [6.45, 7) is 10.0. The molecule has 3 aliphatic rings. The molecule has 3 heterocycles.